The van der Waals surface area contributed by atoms with E-state index in [1.165, 1.54) is 12.1 Å². The largest absolute Gasteiger partial charge is 0.494 e. The van der Waals surface area contributed by atoms with E-state index in [-0.39, 0.29) is 5.56 Å². The molecule has 2 aromatic carbocycles. The third-order valence-electron chi connectivity index (χ3n) is 2.13. The second-order valence-corrected chi connectivity index (χ2v) is 4.48. The number of halogens is 1. The van der Waals surface area contributed by atoms with Crippen LogP contribution in [-0.2, 0) is 0 Å². The van der Waals surface area contributed by atoms with Crippen molar-refractivity contribution in [3.63, 3.8) is 0 Å². The summed E-state index contributed by atoms with van der Waals surface area (Å²) in [5.41, 5.74) is 0.251. The van der Waals surface area contributed by atoms with Crippen LogP contribution in [0.3, 0.4) is 0 Å². The first-order valence-corrected chi connectivity index (χ1v) is 6.59. The van der Waals surface area contributed by atoms with E-state index in [1.807, 2.05) is 37.3 Å². The second-order valence-electron chi connectivity index (χ2n) is 3.56. The Labute approximate surface area is 121 Å². The monoisotopic (exact) mass is 322 g/mol. The van der Waals surface area contributed by atoms with Crippen LogP contribution >= 0.6 is 15.9 Å². The number of benzene rings is 2. The molecule has 0 unspecified atom stereocenters. The summed E-state index contributed by atoms with van der Waals surface area (Å²) in [6.45, 7) is 2.40. The summed E-state index contributed by atoms with van der Waals surface area (Å²) < 4.78 is 6.27. The molecule has 0 aliphatic carbocycles. The van der Waals surface area contributed by atoms with Crippen molar-refractivity contribution in [2.45, 2.75) is 6.92 Å². The third kappa shape index (κ3) is 6.06. The Balaban J connectivity index is 0.000000218. The molecule has 100 valence electrons. The SMILES string of the molecule is Brc1ccccc1.CCOc1cccc(C(=O)O)c1. The molecule has 2 aromatic rings. The lowest BCUT2D eigenvalue weighted by Gasteiger charge is -2.02. The Morgan fingerprint density at radius 3 is 2.32 bits per heavy atom. The van der Waals surface area contributed by atoms with Gasteiger partial charge >= 0.3 is 5.97 Å². The molecule has 0 atom stereocenters. The fourth-order valence-corrected chi connectivity index (χ4v) is 1.61. The molecule has 0 spiro atoms. The highest BCUT2D eigenvalue weighted by Crippen LogP contribution is 2.12. The fraction of sp³-hybridized carbons (Fsp3) is 0.133. The van der Waals surface area contributed by atoms with E-state index >= 15 is 0 Å². The van der Waals surface area contributed by atoms with E-state index in [1.54, 1.807) is 12.1 Å². The van der Waals surface area contributed by atoms with Crippen LogP contribution in [0.4, 0.5) is 0 Å². The Kier molecular flexibility index (Phi) is 6.68. The highest BCUT2D eigenvalue weighted by Gasteiger charge is 2.02. The fourth-order valence-electron chi connectivity index (χ4n) is 1.30. The first-order valence-electron chi connectivity index (χ1n) is 5.80. The zero-order valence-electron chi connectivity index (χ0n) is 10.5. The van der Waals surface area contributed by atoms with Crippen LogP contribution in [0.1, 0.15) is 17.3 Å². The van der Waals surface area contributed by atoms with Gasteiger partial charge in [-0.2, -0.15) is 0 Å². The van der Waals surface area contributed by atoms with Gasteiger partial charge in [-0.15, -0.1) is 0 Å². The van der Waals surface area contributed by atoms with Gasteiger partial charge in [0.05, 0.1) is 12.2 Å². The quantitative estimate of drug-likeness (QED) is 0.919. The summed E-state index contributed by atoms with van der Waals surface area (Å²) in [7, 11) is 0. The van der Waals surface area contributed by atoms with E-state index in [9.17, 15) is 4.79 Å². The summed E-state index contributed by atoms with van der Waals surface area (Å²) >= 11 is 3.31. The molecule has 3 nitrogen and oxygen atoms in total. The van der Waals surface area contributed by atoms with E-state index in [0.29, 0.717) is 12.4 Å². The van der Waals surface area contributed by atoms with E-state index in [4.69, 9.17) is 9.84 Å². The van der Waals surface area contributed by atoms with Gasteiger partial charge in [0.15, 0.2) is 0 Å². The number of aromatic carboxylic acids is 1. The average molecular weight is 323 g/mol. The molecule has 0 bridgehead atoms. The van der Waals surface area contributed by atoms with Crippen LogP contribution in [0.25, 0.3) is 0 Å². The number of hydrogen-bond donors (Lipinski definition) is 1. The first kappa shape index (κ1) is 15.2. The molecule has 0 aliphatic rings. The van der Waals surface area contributed by atoms with E-state index in [2.05, 4.69) is 15.9 Å². The zero-order valence-corrected chi connectivity index (χ0v) is 12.1. The number of rotatable bonds is 3. The van der Waals surface area contributed by atoms with E-state index in [0.717, 1.165) is 4.47 Å². The molecule has 0 aromatic heterocycles. The number of hydrogen-bond acceptors (Lipinski definition) is 2. The Morgan fingerprint density at radius 2 is 1.84 bits per heavy atom. The van der Waals surface area contributed by atoms with Gasteiger partial charge in [0.25, 0.3) is 0 Å². The second kappa shape index (κ2) is 8.32. The highest BCUT2D eigenvalue weighted by molar-refractivity contribution is 9.10. The third-order valence-corrected chi connectivity index (χ3v) is 2.65. The molecule has 2 rings (SSSR count). The van der Waals surface area contributed by atoms with Crippen LogP contribution < -0.4 is 4.74 Å². The lowest BCUT2D eigenvalue weighted by Crippen LogP contribution is -1.97. The van der Waals surface area contributed by atoms with Crippen molar-refractivity contribution in [1.29, 1.82) is 0 Å². The molecule has 0 radical (unpaired) electrons. The lowest BCUT2D eigenvalue weighted by atomic mass is 10.2. The molecule has 0 aliphatic heterocycles. The van der Waals surface area contributed by atoms with Gasteiger partial charge in [0, 0.05) is 4.47 Å². The van der Waals surface area contributed by atoms with Crippen molar-refractivity contribution in [2.24, 2.45) is 0 Å². The van der Waals surface area contributed by atoms with Gasteiger partial charge < -0.3 is 9.84 Å². The maximum Gasteiger partial charge on any atom is 0.335 e. The molecule has 19 heavy (non-hydrogen) atoms. The Hall–Kier alpha value is -1.81. The summed E-state index contributed by atoms with van der Waals surface area (Å²) in [6, 6.07) is 16.4. The van der Waals surface area contributed by atoms with Gasteiger partial charge in [0.1, 0.15) is 5.75 Å². The van der Waals surface area contributed by atoms with Crippen LogP contribution in [0.2, 0.25) is 0 Å². The minimum atomic E-state index is -0.934. The minimum absolute atomic E-state index is 0.251. The predicted octanol–water partition coefficient (Wildman–Crippen LogP) is 4.23. The topological polar surface area (TPSA) is 46.5 Å². The molecule has 0 saturated carbocycles. The van der Waals surface area contributed by atoms with Crippen molar-refractivity contribution in [3.05, 3.63) is 64.6 Å². The standard InChI is InChI=1S/C9H10O3.C6H5Br/c1-2-12-8-5-3-4-7(6-8)9(10)11;7-6-4-2-1-3-5-6/h3-6H,2H2,1H3,(H,10,11);1-5H. The highest BCUT2D eigenvalue weighted by atomic mass is 79.9. The van der Waals surface area contributed by atoms with Gasteiger partial charge in [-0.05, 0) is 37.3 Å². The van der Waals surface area contributed by atoms with Gasteiger partial charge in [-0.3, -0.25) is 0 Å². The van der Waals surface area contributed by atoms with Gasteiger partial charge in [0.2, 0.25) is 0 Å². The lowest BCUT2D eigenvalue weighted by molar-refractivity contribution is 0.0696. The van der Waals surface area contributed by atoms with Gasteiger partial charge in [-0.1, -0.05) is 40.2 Å². The van der Waals surface area contributed by atoms with Crippen molar-refractivity contribution in [2.75, 3.05) is 6.61 Å². The van der Waals surface area contributed by atoms with Crippen molar-refractivity contribution in [1.82, 2.24) is 0 Å². The predicted molar refractivity (Wildman–Crippen MR) is 78.7 cm³/mol. The summed E-state index contributed by atoms with van der Waals surface area (Å²) in [5, 5.41) is 8.62. The molecule has 0 heterocycles. The summed E-state index contributed by atoms with van der Waals surface area (Å²) in [6.07, 6.45) is 0. The number of carboxylic acid groups (broad SMARTS) is 1. The number of ether oxygens (including phenoxy) is 1. The maximum absolute atomic E-state index is 10.5. The molecule has 0 fully saturated rings. The smallest absolute Gasteiger partial charge is 0.335 e. The minimum Gasteiger partial charge on any atom is -0.494 e. The Bertz CT molecular complexity index is 512. The molecule has 0 amide bonds. The number of carboxylic acids is 1. The van der Waals surface area contributed by atoms with E-state index < -0.39 is 5.97 Å². The van der Waals surface area contributed by atoms with Crippen molar-refractivity contribution in [3.8, 4) is 5.75 Å². The van der Waals surface area contributed by atoms with Crippen LogP contribution in [0, 0.1) is 0 Å². The summed E-state index contributed by atoms with van der Waals surface area (Å²) in [5.74, 6) is -0.339. The molecule has 0 saturated heterocycles. The van der Waals surface area contributed by atoms with Crippen LogP contribution in [0.15, 0.2) is 59.1 Å². The molecular formula is C15H15BrO3. The average Bonchev–Trinajstić information content (AvgIpc) is 2.41. The molecular weight excluding hydrogens is 308 g/mol. The van der Waals surface area contributed by atoms with Crippen LogP contribution in [0.5, 0.6) is 5.75 Å². The zero-order chi connectivity index (χ0) is 14.1. The number of carbonyl (C=O) groups is 1. The molecule has 4 heteroatoms. The Morgan fingerprint density at radius 1 is 1.16 bits per heavy atom. The maximum atomic E-state index is 10.5. The normalized spacial score (nSPS) is 9.16. The van der Waals surface area contributed by atoms with Crippen LogP contribution in [-0.4, -0.2) is 17.7 Å². The van der Waals surface area contributed by atoms with Gasteiger partial charge in [-0.25, -0.2) is 4.79 Å². The molecule has 1 N–H and O–H groups in total. The first-order chi connectivity index (χ1) is 9.13. The summed E-state index contributed by atoms with van der Waals surface area (Å²) in [4.78, 5) is 10.5. The van der Waals surface area contributed by atoms with Crippen molar-refractivity contribution >= 4 is 21.9 Å². The van der Waals surface area contributed by atoms with Crippen molar-refractivity contribution < 1.29 is 14.6 Å².